The van der Waals surface area contributed by atoms with Gasteiger partial charge in [-0.05, 0) is 39.7 Å². The van der Waals surface area contributed by atoms with Crippen molar-refractivity contribution in [2.24, 2.45) is 0 Å². The molecule has 0 spiro atoms. The molecule has 0 saturated heterocycles. The number of hydrogen-bond donors (Lipinski definition) is 1. The van der Waals surface area contributed by atoms with E-state index in [1.165, 1.54) is 0 Å². The molecule has 14 heavy (non-hydrogen) atoms. The monoisotopic (exact) mass is 326 g/mol. The fourth-order valence-corrected chi connectivity index (χ4v) is 1.73. The summed E-state index contributed by atoms with van der Waals surface area (Å²) < 4.78 is 10.5. The molecule has 1 atom stereocenters. The summed E-state index contributed by atoms with van der Waals surface area (Å²) in [6.07, 6.45) is 1.68. The third-order valence-electron chi connectivity index (χ3n) is 1.50. The summed E-state index contributed by atoms with van der Waals surface area (Å²) in [5.41, 5.74) is 6.56. The molecule has 0 aliphatic carbocycles. The number of nitrogen functional groups attached to an aromatic ring is 1. The molecule has 1 aromatic rings. The first-order chi connectivity index (χ1) is 6.83. The molecule has 1 aromatic heterocycles. The molecule has 78 valence electrons. The van der Waals surface area contributed by atoms with Gasteiger partial charge in [0.15, 0.2) is 0 Å². The van der Waals surface area contributed by atoms with Gasteiger partial charge < -0.3 is 15.0 Å². The standard InChI is InChI=1S/C8H12IN2O2P/c9-14-13-4-3-12-6-7-1-2-11-8(10)5-7/h1-2,5,14H,3-4,6H2,(H2,10,11). The number of rotatable bonds is 6. The SMILES string of the molecule is Nc1cc(COCCOPI)ccn1. The number of aromatic nitrogens is 1. The number of nitrogens with zero attached hydrogens (tertiary/aromatic N) is 1. The molecule has 1 rings (SSSR count). The first-order valence-electron chi connectivity index (χ1n) is 4.08. The summed E-state index contributed by atoms with van der Waals surface area (Å²) in [7, 11) is 0. The Kier molecular flexibility index (Phi) is 6.34. The number of ether oxygens (including phenoxy) is 1. The second-order valence-electron chi connectivity index (χ2n) is 2.57. The molecule has 0 amide bonds. The Hall–Kier alpha value is 0.0300. The van der Waals surface area contributed by atoms with Crippen LogP contribution in [0, 0.1) is 0 Å². The Morgan fingerprint density at radius 3 is 3.07 bits per heavy atom. The first-order valence-corrected chi connectivity index (χ1v) is 8.10. The molecule has 6 heteroatoms. The molecule has 0 aromatic carbocycles. The van der Waals surface area contributed by atoms with Gasteiger partial charge in [0.25, 0.3) is 0 Å². The molecule has 0 aliphatic rings. The lowest BCUT2D eigenvalue weighted by atomic mass is 10.3. The predicted molar refractivity (Wildman–Crippen MR) is 66.6 cm³/mol. The van der Waals surface area contributed by atoms with Crippen LogP contribution in [0.4, 0.5) is 5.82 Å². The highest BCUT2D eigenvalue weighted by molar-refractivity contribution is 14.2. The molecule has 2 N–H and O–H groups in total. The van der Waals surface area contributed by atoms with Crippen LogP contribution in [0.3, 0.4) is 0 Å². The minimum absolute atomic E-state index is 0.494. The van der Waals surface area contributed by atoms with Gasteiger partial charge in [0.2, 0.25) is 0 Å². The van der Waals surface area contributed by atoms with E-state index in [9.17, 15) is 0 Å². The third-order valence-corrected chi connectivity index (χ3v) is 2.75. The number of hydrogen-bond acceptors (Lipinski definition) is 4. The van der Waals surface area contributed by atoms with Crippen molar-refractivity contribution < 1.29 is 9.26 Å². The summed E-state index contributed by atoms with van der Waals surface area (Å²) in [6.45, 7) is 2.30. The second-order valence-corrected chi connectivity index (χ2v) is 4.33. The third kappa shape index (κ3) is 5.05. The summed E-state index contributed by atoms with van der Waals surface area (Å²) >= 11 is 2.18. The van der Waals surface area contributed by atoms with Crippen LogP contribution in [0.15, 0.2) is 18.3 Å². The summed E-state index contributed by atoms with van der Waals surface area (Å²) in [5, 5.41) is 0. The van der Waals surface area contributed by atoms with E-state index in [0.717, 1.165) is 5.56 Å². The largest absolute Gasteiger partial charge is 0.384 e. The van der Waals surface area contributed by atoms with Crippen LogP contribution < -0.4 is 5.73 Å². The van der Waals surface area contributed by atoms with Crippen LogP contribution in [-0.2, 0) is 15.9 Å². The van der Waals surface area contributed by atoms with Crippen molar-refractivity contribution in [1.29, 1.82) is 0 Å². The molecule has 0 radical (unpaired) electrons. The smallest absolute Gasteiger partial charge is 0.123 e. The van der Waals surface area contributed by atoms with Crippen LogP contribution in [0.5, 0.6) is 0 Å². The van der Waals surface area contributed by atoms with Gasteiger partial charge in [-0.3, -0.25) is 0 Å². The van der Waals surface area contributed by atoms with E-state index in [4.69, 9.17) is 15.0 Å². The van der Waals surface area contributed by atoms with Gasteiger partial charge in [0.1, 0.15) is 5.82 Å². The van der Waals surface area contributed by atoms with Crippen molar-refractivity contribution >= 4 is 34.3 Å². The van der Waals surface area contributed by atoms with Gasteiger partial charge in [0.05, 0.1) is 26.3 Å². The Morgan fingerprint density at radius 2 is 2.36 bits per heavy atom. The zero-order valence-corrected chi connectivity index (χ0v) is 10.7. The van der Waals surface area contributed by atoms with E-state index in [1.54, 1.807) is 12.3 Å². The summed E-state index contributed by atoms with van der Waals surface area (Å²) in [6, 6.07) is 3.69. The topological polar surface area (TPSA) is 57.4 Å². The lowest BCUT2D eigenvalue weighted by molar-refractivity contribution is 0.0945. The fraction of sp³-hybridized carbons (Fsp3) is 0.375. The zero-order valence-electron chi connectivity index (χ0n) is 7.57. The highest BCUT2D eigenvalue weighted by Gasteiger charge is 1.94. The number of nitrogens with two attached hydrogens (primary N) is 1. The Bertz CT molecular complexity index is 275. The van der Waals surface area contributed by atoms with Crippen molar-refractivity contribution in [3.05, 3.63) is 23.9 Å². The second kappa shape index (κ2) is 7.34. The van der Waals surface area contributed by atoms with E-state index in [-0.39, 0.29) is 0 Å². The molecule has 1 unspecified atom stereocenters. The Labute approximate surface area is 97.9 Å². The first kappa shape index (κ1) is 12.1. The molecule has 4 nitrogen and oxygen atoms in total. The minimum atomic E-state index is 0.494. The van der Waals surface area contributed by atoms with Crippen molar-refractivity contribution in [3.63, 3.8) is 0 Å². The summed E-state index contributed by atoms with van der Waals surface area (Å²) in [5.74, 6) is 0.524. The maximum absolute atomic E-state index is 5.52. The number of pyridine rings is 1. The van der Waals surface area contributed by atoms with E-state index in [0.29, 0.717) is 32.1 Å². The Balaban J connectivity index is 2.18. The van der Waals surface area contributed by atoms with Gasteiger partial charge in [0, 0.05) is 6.20 Å². The quantitative estimate of drug-likeness (QED) is 0.494. The summed E-state index contributed by atoms with van der Waals surface area (Å²) in [4.78, 5) is 3.90. The highest BCUT2D eigenvalue weighted by Crippen LogP contribution is 2.20. The molecule has 0 bridgehead atoms. The van der Waals surface area contributed by atoms with Gasteiger partial charge in [-0.15, -0.1) is 0 Å². The van der Waals surface area contributed by atoms with E-state index in [1.807, 2.05) is 6.07 Å². The van der Waals surface area contributed by atoms with Gasteiger partial charge >= 0.3 is 0 Å². The number of anilines is 1. The van der Waals surface area contributed by atoms with E-state index < -0.39 is 0 Å². The molecule has 0 aliphatic heterocycles. The van der Waals surface area contributed by atoms with E-state index >= 15 is 0 Å². The molecular weight excluding hydrogens is 314 g/mol. The van der Waals surface area contributed by atoms with Crippen molar-refractivity contribution in [2.45, 2.75) is 6.61 Å². The van der Waals surface area contributed by atoms with Crippen molar-refractivity contribution in [3.8, 4) is 0 Å². The molecular formula is C8H12IN2O2P. The number of halogens is 1. The minimum Gasteiger partial charge on any atom is -0.384 e. The molecule has 1 heterocycles. The average molecular weight is 326 g/mol. The fourth-order valence-electron chi connectivity index (χ4n) is 0.913. The van der Waals surface area contributed by atoms with Crippen LogP contribution in [-0.4, -0.2) is 18.2 Å². The van der Waals surface area contributed by atoms with E-state index in [2.05, 4.69) is 27.0 Å². The normalized spacial score (nSPS) is 11.2. The molecule has 0 saturated carbocycles. The maximum atomic E-state index is 5.52. The average Bonchev–Trinajstić information content (AvgIpc) is 2.18. The van der Waals surface area contributed by atoms with Crippen LogP contribution in [0.25, 0.3) is 0 Å². The van der Waals surface area contributed by atoms with Crippen LogP contribution in [0.1, 0.15) is 5.56 Å². The van der Waals surface area contributed by atoms with Gasteiger partial charge in [-0.2, -0.15) is 0 Å². The lowest BCUT2D eigenvalue weighted by Gasteiger charge is -2.04. The zero-order chi connectivity index (χ0) is 10.2. The van der Waals surface area contributed by atoms with Crippen LogP contribution >= 0.6 is 28.5 Å². The highest BCUT2D eigenvalue weighted by atomic mass is 127. The van der Waals surface area contributed by atoms with Crippen molar-refractivity contribution in [2.75, 3.05) is 18.9 Å². The van der Waals surface area contributed by atoms with Gasteiger partial charge in [-0.1, -0.05) is 0 Å². The lowest BCUT2D eigenvalue weighted by Crippen LogP contribution is -2.01. The predicted octanol–water partition coefficient (Wildman–Crippen LogP) is 2.14. The van der Waals surface area contributed by atoms with Gasteiger partial charge in [-0.25, -0.2) is 4.98 Å². The molecule has 0 fully saturated rings. The van der Waals surface area contributed by atoms with Crippen molar-refractivity contribution in [1.82, 2.24) is 4.98 Å². The van der Waals surface area contributed by atoms with Crippen LogP contribution in [0.2, 0.25) is 0 Å². The maximum Gasteiger partial charge on any atom is 0.123 e. The Morgan fingerprint density at radius 1 is 1.50 bits per heavy atom.